The highest BCUT2D eigenvalue weighted by Crippen LogP contribution is 2.61. The van der Waals surface area contributed by atoms with Crippen LogP contribution in [0.4, 0.5) is 4.79 Å². The monoisotopic (exact) mass is 522 g/mol. The highest BCUT2D eigenvalue weighted by molar-refractivity contribution is 7.99. The van der Waals surface area contributed by atoms with Gasteiger partial charge in [0.05, 0.1) is 0 Å². The summed E-state index contributed by atoms with van der Waals surface area (Å²) in [5, 5.41) is 6.44. The smallest absolute Gasteiger partial charge is 0.319 e. The van der Waals surface area contributed by atoms with Gasteiger partial charge in [-0.2, -0.15) is 0 Å². The molecule has 3 N–H and O–H groups in total. The molecule has 0 unspecified atom stereocenters. The molecule has 4 aromatic rings. The molecule has 0 aromatic heterocycles. The van der Waals surface area contributed by atoms with Crippen LogP contribution in [-0.4, -0.2) is 6.03 Å². The predicted octanol–water partition coefficient (Wildman–Crippen LogP) is -0.109. The average Bonchev–Trinajstić information content (AvgIpc) is 2.86. The lowest BCUT2D eigenvalue weighted by Gasteiger charge is -2.29. The maximum absolute atomic E-state index is 12.2. The fourth-order valence-corrected chi connectivity index (χ4v) is 8.08. The van der Waals surface area contributed by atoms with Crippen molar-refractivity contribution in [3.05, 3.63) is 132 Å². The second-order valence-electron chi connectivity index (χ2n) is 7.48. The van der Waals surface area contributed by atoms with Gasteiger partial charge in [-0.3, -0.25) is 5.32 Å². The van der Waals surface area contributed by atoms with Crippen LogP contribution >= 0.6 is 7.26 Å². The molecule has 184 valence electrons. The van der Waals surface area contributed by atoms with Gasteiger partial charge in [0.25, 0.3) is 0 Å². The first-order valence-electron chi connectivity index (χ1n) is 10.7. The molecule has 4 rings (SSSR count). The molecule has 0 bridgehead atoms. The maximum Gasteiger partial charge on any atom is 0.319 e. The Labute approximate surface area is 212 Å². The van der Waals surface area contributed by atoms with Gasteiger partial charge in [-0.1, -0.05) is 84.9 Å². The Morgan fingerprint density at radius 1 is 0.639 bits per heavy atom. The predicted molar refractivity (Wildman–Crippen MR) is 132 cm³/mol. The van der Waals surface area contributed by atoms with E-state index in [-0.39, 0.29) is 0 Å². The molecule has 0 aliphatic rings. The third kappa shape index (κ3) is 7.23. The van der Waals surface area contributed by atoms with Crippen LogP contribution in [0.3, 0.4) is 0 Å². The molecule has 0 aliphatic heterocycles. The zero-order valence-electron chi connectivity index (χ0n) is 19.1. The molecule has 0 fully saturated rings. The van der Waals surface area contributed by atoms with Gasteiger partial charge in [0.1, 0.15) is 15.9 Å². The highest BCUT2D eigenvalue weighted by atomic mass is 35.7. The Morgan fingerprint density at radius 2 is 0.944 bits per heavy atom. The second kappa shape index (κ2) is 12.4. The minimum absolute atomic E-state index is 0.575. The fraction of sp³-hybridized carbons (Fsp3) is 0. The minimum Gasteiger partial charge on any atom is -0.351 e. The molecule has 4 aromatic carbocycles. The number of rotatable bonds is 6. The first kappa shape index (κ1) is 27.0. The first-order valence-corrected chi connectivity index (χ1v) is 13.7. The summed E-state index contributed by atoms with van der Waals surface area (Å²) in [5.74, 6) is 0. The molecule has 0 radical (unpaired) electrons. The Morgan fingerprint density at radius 3 is 1.25 bits per heavy atom. The van der Waals surface area contributed by atoms with E-state index in [0.29, 0.717) is 0 Å². The number of hydrogen-bond donors (Lipinski definition) is 2. The van der Waals surface area contributed by atoms with Gasteiger partial charge in [0, 0.05) is 6.08 Å². The van der Waals surface area contributed by atoms with Crippen molar-refractivity contribution < 1.29 is 33.7 Å². The Bertz CT molecular complexity index is 1170. The van der Waals surface area contributed by atoms with E-state index in [9.17, 15) is 4.79 Å². The molecule has 36 heavy (non-hydrogen) atoms. The standard InChI is InChI=1S/C27H23N2OP.ClHO4/c28-27(30)29-26(21-22-13-5-1-6-14-22)31(23-15-7-2-8-16-23,24-17-9-3-10-18-24)25-19-11-4-12-20-25;2-1(3,4)5/h1-21H,(H2-,28,29,30);(H,2,3,4,5)/b26-21+;. The summed E-state index contributed by atoms with van der Waals surface area (Å²) in [7, 11) is -7.38. The minimum atomic E-state index is -4.94. The Kier molecular flexibility index (Phi) is 9.33. The van der Waals surface area contributed by atoms with Crippen LogP contribution in [0.1, 0.15) is 5.56 Å². The third-order valence-corrected chi connectivity index (χ3v) is 9.33. The summed E-state index contributed by atoms with van der Waals surface area (Å²) in [6.07, 6.45) is 2.05. The van der Waals surface area contributed by atoms with Crippen molar-refractivity contribution in [1.29, 1.82) is 0 Å². The quantitative estimate of drug-likeness (QED) is 0.339. The van der Waals surface area contributed by atoms with E-state index in [1.165, 1.54) is 0 Å². The van der Waals surface area contributed by atoms with Gasteiger partial charge < -0.3 is 5.73 Å². The van der Waals surface area contributed by atoms with E-state index in [0.717, 1.165) is 26.9 Å². The van der Waals surface area contributed by atoms with Crippen molar-refractivity contribution in [3.63, 3.8) is 0 Å². The summed E-state index contributed by atoms with van der Waals surface area (Å²) in [5.41, 5.74) is 7.50. The second-order valence-corrected chi connectivity index (χ2v) is 11.6. The van der Waals surface area contributed by atoms with E-state index in [4.69, 9.17) is 24.4 Å². The molecular weight excluding hydrogens is 499 g/mol. The van der Waals surface area contributed by atoms with E-state index < -0.39 is 23.5 Å². The third-order valence-electron chi connectivity index (χ3n) is 5.15. The summed E-state index contributed by atoms with van der Waals surface area (Å²) in [4.78, 5) is 12.2. The average molecular weight is 523 g/mol. The van der Waals surface area contributed by atoms with Gasteiger partial charge in [0.2, 0.25) is 0 Å². The van der Waals surface area contributed by atoms with Gasteiger partial charge in [-0.05, 0) is 42.0 Å². The van der Waals surface area contributed by atoms with Crippen molar-refractivity contribution in [2.75, 3.05) is 0 Å². The highest BCUT2D eigenvalue weighted by Gasteiger charge is 2.50. The van der Waals surface area contributed by atoms with E-state index >= 15 is 0 Å². The summed E-state index contributed by atoms with van der Waals surface area (Å²) in [6.45, 7) is 0. The molecule has 0 saturated carbocycles. The molecule has 0 aliphatic carbocycles. The van der Waals surface area contributed by atoms with Crippen LogP contribution in [-0.2, 0) is 0 Å². The molecule has 0 spiro atoms. The topological polar surface area (TPSA) is 147 Å². The number of nitrogens with one attached hydrogen (secondary N) is 1. The number of halogens is 1. The van der Waals surface area contributed by atoms with Crippen molar-refractivity contribution in [2.24, 2.45) is 5.73 Å². The van der Waals surface area contributed by atoms with Crippen molar-refractivity contribution in [3.8, 4) is 0 Å². The zero-order valence-corrected chi connectivity index (χ0v) is 20.7. The van der Waals surface area contributed by atoms with Crippen molar-refractivity contribution >= 4 is 35.3 Å². The number of carbonyl (C=O) groups excluding carboxylic acids is 1. The maximum atomic E-state index is 12.2. The molecule has 0 saturated heterocycles. The fourth-order valence-electron chi connectivity index (χ4n) is 3.87. The van der Waals surface area contributed by atoms with Crippen molar-refractivity contribution in [2.45, 2.75) is 0 Å². The Balaban J connectivity index is 0.000000658. The van der Waals surface area contributed by atoms with Crippen LogP contribution in [0.25, 0.3) is 6.08 Å². The Hall–Kier alpha value is -3.55. The molecule has 0 heterocycles. The number of primary amides is 1. The lowest BCUT2D eigenvalue weighted by atomic mass is 10.2. The van der Waals surface area contributed by atoms with Crippen LogP contribution < -0.4 is 45.6 Å². The number of nitrogens with two attached hydrogens (primary N) is 1. The van der Waals surface area contributed by atoms with Crippen LogP contribution in [0.2, 0.25) is 0 Å². The molecule has 7 nitrogen and oxygen atoms in total. The van der Waals surface area contributed by atoms with E-state index in [1.807, 2.05) is 91.0 Å². The number of benzene rings is 4. The molecular formula is C27H24ClN2O5P. The number of urea groups is 1. The SMILES string of the molecule is NC(=O)N/C(=C\c1ccccc1)[P+](c1ccccc1)(c1ccccc1)c1ccccc1.[O-][Cl+3]([O-])([O-])[O-]. The number of carbonyl (C=O) groups is 1. The molecule has 2 amide bonds. The van der Waals surface area contributed by atoms with Crippen LogP contribution in [0, 0.1) is 10.2 Å². The van der Waals surface area contributed by atoms with E-state index in [2.05, 4.69) is 41.7 Å². The molecule has 9 heteroatoms. The van der Waals surface area contributed by atoms with E-state index in [1.54, 1.807) is 0 Å². The van der Waals surface area contributed by atoms with Gasteiger partial charge in [-0.15, -0.1) is 10.2 Å². The van der Waals surface area contributed by atoms with Gasteiger partial charge in [-0.25, -0.2) is 23.4 Å². The van der Waals surface area contributed by atoms with Crippen LogP contribution in [0.15, 0.2) is 127 Å². The largest absolute Gasteiger partial charge is 0.351 e. The number of amides is 2. The summed E-state index contributed by atoms with van der Waals surface area (Å²) >= 11 is 0. The zero-order chi connectivity index (χ0) is 26.0. The lowest BCUT2D eigenvalue weighted by Crippen LogP contribution is -2.68. The van der Waals surface area contributed by atoms with Crippen molar-refractivity contribution in [1.82, 2.24) is 5.32 Å². The normalized spacial score (nSPS) is 11.7. The van der Waals surface area contributed by atoms with Crippen LogP contribution in [0.5, 0.6) is 0 Å². The molecule has 0 atom stereocenters. The van der Waals surface area contributed by atoms with Gasteiger partial charge >= 0.3 is 6.03 Å². The summed E-state index contributed by atoms with van der Waals surface area (Å²) in [6, 6.07) is 40.5. The first-order chi connectivity index (χ1) is 17.2. The summed E-state index contributed by atoms with van der Waals surface area (Å²) < 4.78 is 34.0. The lowest BCUT2D eigenvalue weighted by molar-refractivity contribution is -2.00. The van der Waals surface area contributed by atoms with Gasteiger partial charge in [0.15, 0.2) is 12.7 Å². The number of hydrogen-bond acceptors (Lipinski definition) is 5.